The Morgan fingerprint density at radius 3 is 2.00 bits per heavy atom. The molecule has 0 aliphatic heterocycles. The Morgan fingerprint density at radius 2 is 1.42 bits per heavy atom. The molecule has 0 aliphatic carbocycles. The minimum absolute atomic E-state index is 0.00906. The highest BCUT2D eigenvalue weighted by Gasteiger charge is 2.13. The fraction of sp³-hybridized carbons (Fsp3) is 0.120. The second-order valence-electron chi connectivity index (χ2n) is 7.27. The van der Waals surface area contributed by atoms with E-state index in [2.05, 4.69) is 5.32 Å². The van der Waals surface area contributed by atoms with Crippen molar-refractivity contribution in [2.45, 2.75) is 6.92 Å². The maximum absolute atomic E-state index is 12.3. The van der Waals surface area contributed by atoms with Gasteiger partial charge in [0.25, 0.3) is 5.91 Å². The molecule has 8 heteroatoms. The number of guanidine groups is 1. The summed E-state index contributed by atoms with van der Waals surface area (Å²) in [6, 6.07) is 15.7. The zero-order valence-electron chi connectivity index (χ0n) is 18.5. The number of phenols is 2. The second-order valence-corrected chi connectivity index (χ2v) is 7.27. The summed E-state index contributed by atoms with van der Waals surface area (Å²) in [5.41, 5.74) is 9.54. The maximum atomic E-state index is 12.3. The lowest BCUT2D eigenvalue weighted by Crippen LogP contribution is -2.36. The summed E-state index contributed by atoms with van der Waals surface area (Å²) in [5.74, 6) is -0.214. The van der Waals surface area contributed by atoms with Crippen LogP contribution in [0.5, 0.6) is 23.0 Å². The second kappa shape index (κ2) is 9.78. The molecule has 3 aromatic carbocycles. The summed E-state index contributed by atoms with van der Waals surface area (Å²) < 4.78 is 10.5. The highest BCUT2D eigenvalue weighted by atomic mass is 16.5. The fourth-order valence-corrected chi connectivity index (χ4v) is 3.33. The lowest BCUT2D eigenvalue weighted by Gasteiger charge is -2.14. The normalized spacial score (nSPS) is 11.1. The van der Waals surface area contributed by atoms with Gasteiger partial charge in [-0.15, -0.1) is 0 Å². The summed E-state index contributed by atoms with van der Waals surface area (Å²) in [5, 5.41) is 29.5. The van der Waals surface area contributed by atoms with Gasteiger partial charge < -0.3 is 25.4 Å². The molecule has 1 amide bonds. The lowest BCUT2D eigenvalue weighted by atomic mass is 9.93. The molecular weight excluding hydrogens is 422 g/mol. The van der Waals surface area contributed by atoms with Gasteiger partial charge in [0.1, 0.15) is 0 Å². The van der Waals surface area contributed by atoms with Crippen LogP contribution in [-0.2, 0) is 4.79 Å². The van der Waals surface area contributed by atoms with E-state index < -0.39 is 11.9 Å². The van der Waals surface area contributed by atoms with E-state index in [1.165, 1.54) is 20.3 Å². The van der Waals surface area contributed by atoms with Gasteiger partial charge in [-0.25, -0.2) is 0 Å². The van der Waals surface area contributed by atoms with Crippen LogP contribution in [0.25, 0.3) is 28.3 Å². The van der Waals surface area contributed by atoms with Gasteiger partial charge in [-0.05, 0) is 71.1 Å². The van der Waals surface area contributed by atoms with Crippen LogP contribution in [0.1, 0.15) is 12.5 Å². The number of nitrogens with two attached hydrogens (primary N) is 1. The van der Waals surface area contributed by atoms with Crippen molar-refractivity contribution in [3.63, 3.8) is 0 Å². The predicted octanol–water partition coefficient (Wildman–Crippen LogP) is 3.86. The van der Waals surface area contributed by atoms with Crippen LogP contribution in [0.3, 0.4) is 0 Å². The number of amides is 1. The molecule has 0 saturated heterocycles. The van der Waals surface area contributed by atoms with Gasteiger partial charge >= 0.3 is 0 Å². The molecule has 0 aliphatic rings. The summed E-state index contributed by atoms with van der Waals surface area (Å²) in [6.45, 7) is 1.62. The van der Waals surface area contributed by atoms with Crippen molar-refractivity contribution in [1.82, 2.24) is 5.32 Å². The van der Waals surface area contributed by atoms with Crippen molar-refractivity contribution < 1.29 is 24.5 Å². The largest absolute Gasteiger partial charge is 0.504 e. The average Bonchev–Trinajstić information content (AvgIpc) is 2.79. The standard InChI is InChI=1S/C25H25N3O5/c1-14(24(31)28-25(26)27)10-17-5-4-15(16-6-8-20(29)22(12-16)32-2)11-19(17)18-7-9-21(30)23(13-18)33-3/h4-13,29-30H,1-3H3,(H4,26,27,28,31)/b14-10+. The van der Waals surface area contributed by atoms with Gasteiger partial charge in [0.15, 0.2) is 29.0 Å². The van der Waals surface area contributed by atoms with Gasteiger partial charge in [0.2, 0.25) is 0 Å². The monoisotopic (exact) mass is 447 g/mol. The number of methoxy groups -OCH3 is 2. The Hall–Kier alpha value is -4.46. The number of rotatable bonds is 6. The molecule has 33 heavy (non-hydrogen) atoms. The molecule has 3 aromatic rings. The highest BCUT2D eigenvalue weighted by molar-refractivity contribution is 6.06. The van der Waals surface area contributed by atoms with Crippen molar-refractivity contribution >= 4 is 17.9 Å². The average molecular weight is 447 g/mol. The molecule has 0 aromatic heterocycles. The van der Waals surface area contributed by atoms with Crippen LogP contribution in [0, 0.1) is 5.41 Å². The van der Waals surface area contributed by atoms with Crippen molar-refractivity contribution in [1.29, 1.82) is 5.41 Å². The number of benzene rings is 3. The topological polar surface area (TPSA) is 138 Å². The van der Waals surface area contributed by atoms with Crippen LogP contribution in [0.2, 0.25) is 0 Å². The predicted molar refractivity (Wildman–Crippen MR) is 127 cm³/mol. The van der Waals surface area contributed by atoms with E-state index in [4.69, 9.17) is 20.6 Å². The van der Waals surface area contributed by atoms with Crippen molar-refractivity contribution in [3.8, 4) is 45.3 Å². The van der Waals surface area contributed by atoms with Crippen LogP contribution < -0.4 is 20.5 Å². The first-order valence-corrected chi connectivity index (χ1v) is 9.96. The Labute approximate surface area is 191 Å². The first-order chi connectivity index (χ1) is 15.7. The van der Waals surface area contributed by atoms with Crippen LogP contribution in [-0.4, -0.2) is 36.3 Å². The quantitative estimate of drug-likeness (QED) is 0.221. The summed E-state index contributed by atoms with van der Waals surface area (Å²) in [7, 11) is 2.95. The number of carbonyl (C=O) groups is 1. The molecule has 0 fully saturated rings. The molecule has 0 atom stereocenters. The van der Waals surface area contributed by atoms with E-state index in [-0.39, 0.29) is 11.5 Å². The minimum atomic E-state index is -0.482. The number of aromatic hydroxyl groups is 2. The summed E-state index contributed by atoms with van der Waals surface area (Å²) >= 11 is 0. The third kappa shape index (κ3) is 5.24. The molecule has 170 valence electrons. The van der Waals surface area contributed by atoms with E-state index in [0.29, 0.717) is 17.1 Å². The van der Waals surface area contributed by atoms with Gasteiger partial charge in [0, 0.05) is 5.57 Å². The SMILES string of the molecule is COc1cc(-c2ccc(/C=C(\C)C(=O)NC(=N)N)c(-c3ccc(O)c(OC)c3)c2)ccc1O. The van der Waals surface area contributed by atoms with Gasteiger partial charge in [-0.2, -0.15) is 0 Å². The molecule has 8 nitrogen and oxygen atoms in total. The first-order valence-electron chi connectivity index (χ1n) is 9.96. The molecule has 0 saturated carbocycles. The Bertz CT molecular complexity index is 1250. The van der Waals surface area contributed by atoms with Crippen LogP contribution in [0.4, 0.5) is 0 Å². The number of nitrogens with one attached hydrogen (secondary N) is 2. The number of hydrogen-bond acceptors (Lipinski definition) is 6. The van der Waals surface area contributed by atoms with E-state index >= 15 is 0 Å². The smallest absolute Gasteiger partial charge is 0.253 e. The number of phenolic OH excluding ortho intramolecular Hbond substituents is 2. The number of hydrogen-bond donors (Lipinski definition) is 5. The van der Waals surface area contributed by atoms with Crippen molar-refractivity contribution in [3.05, 3.63) is 65.7 Å². The molecule has 0 bridgehead atoms. The molecule has 0 radical (unpaired) electrons. The zero-order valence-corrected chi connectivity index (χ0v) is 18.5. The molecule has 6 N–H and O–H groups in total. The molecular formula is C25H25N3O5. The Morgan fingerprint density at radius 1 is 0.909 bits per heavy atom. The number of carbonyl (C=O) groups excluding carboxylic acids is 1. The van der Waals surface area contributed by atoms with E-state index in [9.17, 15) is 15.0 Å². The van der Waals surface area contributed by atoms with Gasteiger partial charge in [-0.1, -0.05) is 24.3 Å². The summed E-state index contributed by atoms with van der Waals surface area (Å²) in [6.07, 6.45) is 1.69. The van der Waals surface area contributed by atoms with E-state index in [0.717, 1.165) is 27.8 Å². The Balaban J connectivity index is 2.18. The molecule has 0 unspecified atom stereocenters. The third-order valence-corrected chi connectivity index (χ3v) is 5.04. The summed E-state index contributed by atoms with van der Waals surface area (Å²) in [4.78, 5) is 12.3. The highest BCUT2D eigenvalue weighted by Crippen LogP contribution is 2.37. The molecule has 0 spiro atoms. The fourth-order valence-electron chi connectivity index (χ4n) is 3.33. The molecule has 0 heterocycles. The minimum Gasteiger partial charge on any atom is -0.504 e. The van der Waals surface area contributed by atoms with Crippen LogP contribution in [0.15, 0.2) is 60.2 Å². The van der Waals surface area contributed by atoms with Gasteiger partial charge in [0.05, 0.1) is 14.2 Å². The molecule has 3 rings (SSSR count). The van der Waals surface area contributed by atoms with E-state index in [1.807, 2.05) is 18.2 Å². The zero-order chi connectivity index (χ0) is 24.1. The maximum Gasteiger partial charge on any atom is 0.253 e. The van der Waals surface area contributed by atoms with Gasteiger partial charge in [-0.3, -0.25) is 15.5 Å². The van der Waals surface area contributed by atoms with Crippen molar-refractivity contribution in [2.24, 2.45) is 5.73 Å². The van der Waals surface area contributed by atoms with Crippen molar-refractivity contribution in [2.75, 3.05) is 14.2 Å². The van der Waals surface area contributed by atoms with Crippen LogP contribution >= 0.6 is 0 Å². The Kier molecular flexibility index (Phi) is 6.88. The van der Waals surface area contributed by atoms with E-state index in [1.54, 1.807) is 43.3 Å². The first kappa shape index (κ1) is 23.2. The number of ether oxygens (including phenoxy) is 2. The lowest BCUT2D eigenvalue weighted by molar-refractivity contribution is -0.116. The third-order valence-electron chi connectivity index (χ3n) is 5.04.